The van der Waals surface area contributed by atoms with E-state index in [0.29, 0.717) is 52.1 Å². The zero-order valence-corrected chi connectivity index (χ0v) is 19.0. The van der Waals surface area contributed by atoms with Crippen molar-refractivity contribution in [3.05, 3.63) is 71.5 Å². The molecule has 2 saturated heterocycles. The molecule has 2 fully saturated rings. The number of rotatable bonds is 4. The van der Waals surface area contributed by atoms with Gasteiger partial charge in [0.25, 0.3) is 0 Å². The smallest absolute Gasteiger partial charge is 0.233 e. The number of likely N-dealkylation sites (tertiary alicyclic amines) is 1. The Morgan fingerprint density at radius 1 is 0.788 bits per heavy atom. The number of hydrogen-bond donors (Lipinski definition) is 0. The van der Waals surface area contributed by atoms with Crippen molar-refractivity contribution in [2.45, 2.75) is 31.6 Å². The van der Waals surface area contributed by atoms with Crippen molar-refractivity contribution in [1.82, 2.24) is 14.7 Å². The number of piperidine rings is 1. The number of hydrogen-bond acceptors (Lipinski definition) is 3. The molecular formula is C26H30FN3O3. The monoisotopic (exact) mass is 451 g/mol. The maximum Gasteiger partial charge on any atom is 0.233 e. The third-order valence-electron chi connectivity index (χ3n) is 6.99. The molecule has 174 valence electrons. The van der Waals surface area contributed by atoms with Crippen molar-refractivity contribution < 1.29 is 18.8 Å². The lowest BCUT2D eigenvalue weighted by molar-refractivity contribution is -0.146. The van der Waals surface area contributed by atoms with Gasteiger partial charge in [0.1, 0.15) is 5.82 Å². The molecule has 0 aromatic heterocycles. The summed E-state index contributed by atoms with van der Waals surface area (Å²) in [5.41, 5.74) is 1.13. The summed E-state index contributed by atoms with van der Waals surface area (Å²) in [5.74, 6) is -0.207. The van der Waals surface area contributed by atoms with Crippen molar-refractivity contribution in [1.29, 1.82) is 0 Å². The highest BCUT2D eigenvalue weighted by Crippen LogP contribution is 2.37. The largest absolute Gasteiger partial charge is 0.343 e. The summed E-state index contributed by atoms with van der Waals surface area (Å²) in [6.07, 6.45) is 1.42. The first-order valence-electron chi connectivity index (χ1n) is 11.5. The number of carbonyl (C=O) groups excluding carboxylic acids is 3. The average Bonchev–Trinajstić information content (AvgIpc) is 2.85. The first-order chi connectivity index (χ1) is 15.9. The Balaban J connectivity index is 1.42. The van der Waals surface area contributed by atoms with Gasteiger partial charge in [-0.2, -0.15) is 0 Å². The molecule has 2 aliphatic heterocycles. The van der Waals surface area contributed by atoms with E-state index in [0.717, 1.165) is 11.1 Å². The van der Waals surface area contributed by atoms with E-state index in [4.69, 9.17) is 0 Å². The fourth-order valence-corrected chi connectivity index (χ4v) is 4.94. The number of halogens is 1. The molecule has 2 aromatic carbocycles. The molecule has 7 heteroatoms. The Hall–Kier alpha value is -3.22. The van der Waals surface area contributed by atoms with E-state index < -0.39 is 5.41 Å². The van der Waals surface area contributed by atoms with Crippen LogP contribution in [0.4, 0.5) is 4.39 Å². The number of nitrogens with zero attached hydrogens (tertiary/aromatic N) is 3. The first kappa shape index (κ1) is 23.0. The van der Waals surface area contributed by atoms with Crippen LogP contribution in [0.15, 0.2) is 54.6 Å². The summed E-state index contributed by atoms with van der Waals surface area (Å²) < 4.78 is 13.1. The minimum atomic E-state index is -0.645. The van der Waals surface area contributed by atoms with Crippen molar-refractivity contribution in [2.24, 2.45) is 0 Å². The number of piperazine rings is 1. The summed E-state index contributed by atoms with van der Waals surface area (Å²) >= 11 is 0. The molecule has 0 saturated carbocycles. The Bertz CT molecular complexity index is 993. The lowest BCUT2D eigenvalue weighted by Crippen LogP contribution is -2.58. The molecule has 4 rings (SSSR count). The lowest BCUT2D eigenvalue weighted by atomic mass is 9.71. The molecule has 2 aromatic rings. The average molecular weight is 452 g/mol. The lowest BCUT2D eigenvalue weighted by Gasteiger charge is -2.45. The second-order valence-corrected chi connectivity index (χ2v) is 8.93. The minimum absolute atomic E-state index is 0.0127. The van der Waals surface area contributed by atoms with Crippen molar-refractivity contribution in [3.8, 4) is 0 Å². The molecule has 33 heavy (non-hydrogen) atoms. The molecule has 2 aliphatic rings. The summed E-state index contributed by atoms with van der Waals surface area (Å²) in [4.78, 5) is 43.8. The molecule has 0 aliphatic carbocycles. The summed E-state index contributed by atoms with van der Waals surface area (Å²) in [5, 5.41) is 0. The van der Waals surface area contributed by atoms with Gasteiger partial charge in [0.2, 0.25) is 17.7 Å². The maximum atomic E-state index is 13.8. The van der Waals surface area contributed by atoms with Gasteiger partial charge in [-0.3, -0.25) is 14.4 Å². The van der Waals surface area contributed by atoms with Gasteiger partial charge in [0, 0.05) is 46.2 Å². The summed E-state index contributed by atoms with van der Waals surface area (Å²) in [6.45, 7) is 4.63. The second kappa shape index (κ2) is 9.73. The quantitative estimate of drug-likeness (QED) is 0.718. The molecule has 0 atom stereocenters. The molecule has 3 amide bonds. The van der Waals surface area contributed by atoms with Crippen LogP contribution in [-0.2, 0) is 26.2 Å². The predicted molar refractivity (Wildman–Crippen MR) is 123 cm³/mol. The molecule has 6 nitrogen and oxygen atoms in total. The molecule has 0 radical (unpaired) electrons. The van der Waals surface area contributed by atoms with Crippen LogP contribution in [-0.4, -0.2) is 71.7 Å². The zero-order valence-electron chi connectivity index (χ0n) is 19.0. The van der Waals surface area contributed by atoms with Crippen LogP contribution in [0.3, 0.4) is 0 Å². The first-order valence-corrected chi connectivity index (χ1v) is 11.5. The van der Waals surface area contributed by atoms with Gasteiger partial charge in [-0.1, -0.05) is 42.5 Å². The summed E-state index contributed by atoms with van der Waals surface area (Å²) in [6, 6.07) is 15.8. The maximum absolute atomic E-state index is 13.8. The zero-order chi connectivity index (χ0) is 23.4. The predicted octanol–water partition coefficient (Wildman–Crippen LogP) is 2.62. The standard InChI is InChI=1S/C26H30FN3O3/c1-20(31)28-13-11-26(12-14-28,22-5-3-2-4-6-22)25(33)30-17-15-29(16-18-30)24(32)19-21-7-9-23(27)10-8-21/h2-10H,11-19H2,1H3. The molecule has 0 spiro atoms. The highest BCUT2D eigenvalue weighted by atomic mass is 19.1. The Morgan fingerprint density at radius 3 is 1.94 bits per heavy atom. The van der Waals surface area contributed by atoms with E-state index >= 15 is 0 Å². The van der Waals surface area contributed by atoms with E-state index in [2.05, 4.69) is 0 Å². The molecule has 2 heterocycles. The van der Waals surface area contributed by atoms with Crippen molar-refractivity contribution in [2.75, 3.05) is 39.3 Å². The topological polar surface area (TPSA) is 60.9 Å². The van der Waals surface area contributed by atoms with Gasteiger partial charge in [-0.05, 0) is 36.1 Å². The van der Waals surface area contributed by atoms with Crippen molar-refractivity contribution in [3.63, 3.8) is 0 Å². The fourth-order valence-electron chi connectivity index (χ4n) is 4.94. The third kappa shape index (κ3) is 4.92. The number of carbonyl (C=O) groups is 3. The van der Waals surface area contributed by atoms with E-state index in [9.17, 15) is 18.8 Å². The van der Waals surface area contributed by atoms with Crippen LogP contribution in [0.1, 0.15) is 30.9 Å². The summed E-state index contributed by atoms with van der Waals surface area (Å²) in [7, 11) is 0. The number of amides is 3. The normalized spacial score (nSPS) is 18.2. The van der Waals surface area contributed by atoms with E-state index in [1.165, 1.54) is 12.1 Å². The highest BCUT2D eigenvalue weighted by molar-refractivity contribution is 5.89. The fraction of sp³-hybridized carbons (Fsp3) is 0.423. The highest BCUT2D eigenvalue weighted by Gasteiger charge is 2.46. The Kier molecular flexibility index (Phi) is 6.77. The Morgan fingerprint density at radius 2 is 1.36 bits per heavy atom. The van der Waals surface area contributed by atoms with E-state index in [1.54, 1.807) is 28.9 Å². The van der Waals surface area contributed by atoms with Crippen LogP contribution in [0.2, 0.25) is 0 Å². The van der Waals surface area contributed by atoms with E-state index in [-0.39, 0.29) is 30.0 Å². The van der Waals surface area contributed by atoms with Gasteiger partial charge < -0.3 is 14.7 Å². The van der Waals surface area contributed by atoms with Gasteiger partial charge in [-0.15, -0.1) is 0 Å². The SMILES string of the molecule is CC(=O)N1CCC(C(=O)N2CCN(C(=O)Cc3ccc(F)cc3)CC2)(c2ccccc2)CC1. The van der Waals surface area contributed by atoms with Gasteiger partial charge >= 0.3 is 0 Å². The van der Waals surface area contributed by atoms with Gasteiger partial charge in [0.15, 0.2) is 0 Å². The van der Waals surface area contributed by atoms with Crippen LogP contribution >= 0.6 is 0 Å². The molecule has 0 N–H and O–H groups in total. The van der Waals surface area contributed by atoms with Crippen LogP contribution < -0.4 is 0 Å². The van der Waals surface area contributed by atoms with Crippen LogP contribution in [0.5, 0.6) is 0 Å². The van der Waals surface area contributed by atoms with Crippen LogP contribution in [0.25, 0.3) is 0 Å². The number of benzene rings is 2. The third-order valence-corrected chi connectivity index (χ3v) is 6.99. The molecule has 0 bridgehead atoms. The van der Waals surface area contributed by atoms with E-state index in [1.807, 2.05) is 35.2 Å². The van der Waals surface area contributed by atoms with Crippen LogP contribution in [0, 0.1) is 5.82 Å². The molecular weight excluding hydrogens is 421 g/mol. The minimum Gasteiger partial charge on any atom is -0.343 e. The van der Waals surface area contributed by atoms with Crippen molar-refractivity contribution >= 4 is 17.7 Å². The second-order valence-electron chi connectivity index (χ2n) is 8.93. The van der Waals surface area contributed by atoms with Gasteiger partial charge in [0.05, 0.1) is 11.8 Å². The molecule has 0 unspecified atom stereocenters. The van der Waals surface area contributed by atoms with Gasteiger partial charge in [-0.25, -0.2) is 4.39 Å². The Labute approximate surface area is 194 Å².